The van der Waals surface area contributed by atoms with E-state index in [1.165, 1.54) is 10.9 Å². The molecular weight excluding hydrogens is 869 g/mol. The van der Waals surface area contributed by atoms with Crippen molar-refractivity contribution in [3.8, 4) is 0 Å². The molecule has 14 atom stereocenters. The van der Waals surface area contributed by atoms with Crippen LogP contribution in [0.5, 0.6) is 0 Å². The Balaban J connectivity index is 0.939. The SMILES string of the molecule is Nc1ncnc2c1ncn2[C@@H]1O[C@H](COP(=O)([O-])OP(=O)([O-])OC[C@H]2OC(Nc3nc4c(ncn4[C@@H]4O[C@H](COP(=O)([O-])[O-])[C@@H](O)[C@H]4O)c(=O)[nH]3)[C@H](O)[C@@H]2O)[C@@H](O)[C@H]1O. The Hall–Kier alpha value is -3.49. The second-order valence-corrected chi connectivity index (χ2v) is 17.1. The van der Waals surface area contributed by atoms with Gasteiger partial charge in [-0.05, 0) is 0 Å². The smallest absolute Gasteiger partial charge is 0.280 e. The topological polar surface area (TPSA) is 475 Å². The minimum absolute atomic E-state index is 0.000648. The van der Waals surface area contributed by atoms with E-state index in [-0.39, 0.29) is 28.1 Å². The lowest BCUT2D eigenvalue weighted by Gasteiger charge is -2.32. The average Bonchev–Trinajstić information content (AvgIpc) is 3.95. The molecular formula is C25H31N10O21P3-4. The average molecular weight is 900 g/mol. The Morgan fingerprint density at radius 1 is 0.712 bits per heavy atom. The lowest BCUT2D eigenvalue weighted by atomic mass is 10.1. The molecule has 0 aromatic carbocycles. The summed E-state index contributed by atoms with van der Waals surface area (Å²) >= 11 is 0. The molecule has 0 aliphatic carbocycles. The summed E-state index contributed by atoms with van der Waals surface area (Å²) in [4.78, 5) is 81.4. The van der Waals surface area contributed by atoms with E-state index in [4.69, 9.17) is 19.9 Å². The quantitative estimate of drug-likeness (QED) is 0.0500. The van der Waals surface area contributed by atoms with Crippen molar-refractivity contribution >= 4 is 57.6 Å². The number of hydrogen-bond acceptors (Lipinski definition) is 28. The van der Waals surface area contributed by atoms with Crippen molar-refractivity contribution in [1.29, 1.82) is 0 Å². The number of nitrogens with zero attached hydrogens (tertiary/aromatic N) is 7. The first-order valence-corrected chi connectivity index (χ1v) is 21.0. The molecule has 7 heterocycles. The number of anilines is 2. The van der Waals surface area contributed by atoms with Crippen LogP contribution in [0, 0.1) is 0 Å². The zero-order valence-corrected chi connectivity index (χ0v) is 31.8. The van der Waals surface area contributed by atoms with E-state index < -0.39 is 128 Å². The third-order valence-corrected chi connectivity index (χ3v) is 12.1. The van der Waals surface area contributed by atoms with E-state index in [0.29, 0.717) is 0 Å². The monoisotopic (exact) mass is 900 g/mol. The van der Waals surface area contributed by atoms with Crippen LogP contribution in [0.4, 0.5) is 11.8 Å². The second-order valence-electron chi connectivity index (χ2n) is 12.9. The van der Waals surface area contributed by atoms with Crippen LogP contribution >= 0.6 is 23.5 Å². The molecule has 0 saturated carbocycles. The van der Waals surface area contributed by atoms with Crippen molar-refractivity contribution in [2.45, 2.75) is 73.6 Å². The number of hydrogen-bond donors (Lipinski definition) is 9. The van der Waals surface area contributed by atoms with Gasteiger partial charge in [-0.25, -0.2) is 24.2 Å². The third-order valence-electron chi connectivity index (χ3n) is 9.07. The standard InChI is InChI=1S/C25H35N10O21P3/c26-18-10-19(28-4-27-18)34(5-29-10)23-16(40)14(38)9(55-23)3-52-59(48,49)56-58(46,47)51-2-7-12(36)15(39)22(53-7)33-25-31-20-11(21(42)32-25)30-6-35(20)24-17(41)13(37)8(54-24)1-50-57(43,44)45/h4-9,12-17,22-24,36-41H,1-3H2,(H,46,47)(H,48,49)(H2,26,27,28)(H2,43,44,45)(H2,31,32,33,42)/p-4/t7-,8-,9-,12-,13-,14-,15-,16-,17-,22?,23-,24-/m1/s1. The van der Waals surface area contributed by atoms with Crippen molar-refractivity contribution in [3.05, 3.63) is 29.3 Å². The zero-order chi connectivity index (χ0) is 42.8. The van der Waals surface area contributed by atoms with E-state index >= 15 is 0 Å². The van der Waals surface area contributed by atoms with Gasteiger partial charge in [0.25, 0.3) is 21.2 Å². The highest BCUT2D eigenvalue weighted by atomic mass is 31.3. The first kappa shape index (κ1) is 43.6. The van der Waals surface area contributed by atoms with Crippen LogP contribution in [0.1, 0.15) is 12.5 Å². The molecule has 4 aromatic rings. The molecule has 3 unspecified atom stereocenters. The largest absolute Gasteiger partial charge is 0.790 e. The Morgan fingerprint density at radius 3 is 1.80 bits per heavy atom. The number of H-pyrrole nitrogens is 1. The maximum atomic E-state index is 12.8. The molecule has 7 rings (SSSR count). The molecule has 0 radical (unpaired) electrons. The van der Waals surface area contributed by atoms with Crippen molar-refractivity contribution in [2.24, 2.45) is 0 Å². The number of nitrogens with two attached hydrogens (primary N) is 1. The summed E-state index contributed by atoms with van der Waals surface area (Å²) in [6.07, 6.45) is -16.9. The number of aliphatic hydroxyl groups excluding tert-OH is 6. The Morgan fingerprint density at radius 2 is 1.22 bits per heavy atom. The van der Waals surface area contributed by atoms with Crippen LogP contribution in [0.2, 0.25) is 0 Å². The predicted octanol–water partition coefficient (Wildman–Crippen LogP) is -7.53. The summed E-state index contributed by atoms with van der Waals surface area (Å²) < 4.78 is 71.6. The van der Waals surface area contributed by atoms with Crippen LogP contribution in [0.15, 0.2) is 23.8 Å². The Kier molecular flexibility index (Phi) is 12.1. The van der Waals surface area contributed by atoms with Gasteiger partial charge in [0.1, 0.15) is 66.8 Å². The number of aliphatic hydroxyl groups is 6. The number of aromatic amines is 1. The van der Waals surface area contributed by atoms with Crippen LogP contribution in [-0.4, -0.2) is 151 Å². The maximum absolute atomic E-state index is 12.8. The number of ether oxygens (including phenoxy) is 3. The van der Waals surface area contributed by atoms with Gasteiger partial charge in [0.05, 0.1) is 40.3 Å². The highest BCUT2D eigenvalue weighted by Gasteiger charge is 2.47. The van der Waals surface area contributed by atoms with Gasteiger partial charge in [0.15, 0.2) is 41.3 Å². The molecule has 3 fully saturated rings. The maximum Gasteiger partial charge on any atom is 0.280 e. The first-order chi connectivity index (χ1) is 27.6. The summed E-state index contributed by atoms with van der Waals surface area (Å²) in [5.41, 5.74) is 4.42. The molecule has 34 heteroatoms. The molecule has 59 heavy (non-hydrogen) atoms. The summed E-state index contributed by atoms with van der Waals surface area (Å²) in [6, 6.07) is 0. The van der Waals surface area contributed by atoms with Gasteiger partial charge < -0.3 is 93.6 Å². The van der Waals surface area contributed by atoms with Gasteiger partial charge >= 0.3 is 0 Å². The zero-order valence-electron chi connectivity index (χ0n) is 29.1. The number of nitrogen functional groups attached to an aromatic ring is 1. The number of aromatic nitrogens is 8. The van der Waals surface area contributed by atoms with Gasteiger partial charge in [-0.2, -0.15) is 4.98 Å². The van der Waals surface area contributed by atoms with Gasteiger partial charge in [-0.3, -0.25) is 28.0 Å². The fraction of sp³-hybridized carbons (Fsp3) is 0.600. The van der Waals surface area contributed by atoms with Crippen LogP contribution in [0.25, 0.3) is 22.3 Å². The molecule has 4 aromatic heterocycles. The lowest BCUT2D eigenvalue weighted by molar-refractivity contribution is -0.343. The highest BCUT2D eigenvalue weighted by molar-refractivity contribution is 7.59. The number of fused-ring (bicyclic) bond motifs is 2. The van der Waals surface area contributed by atoms with Crippen molar-refractivity contribution < 1.29 is 96.0 Å². The van der Waals surface area contributed by atoms with Crippen molar-refractivity contribution in [3.63, 3.8) is 0 Å². The van der Waals surface area contributed by atoms with Crippen LogP contribution in [0.3, 0.4) is 0 Å². The van der Waals surface area contributed by atoms with E-state index in [1.54, 1.807) is 0 Å². The highest BCUT2D eigenvalue weighted by Crippen LogP contribution is 2.56. The molecule has 0 bridgehead atoms. The molecule has 3 saturated heterocycles. The number of nitrogens with one attached hydrogen (secondary N) is 2. The molecule has 10 N–H and O–H groups in total. The summed E-state index contributed by atoms with van der Waals surface area (Å²) in [6.45, 7) is -3.18. The van der Waals surface area contributed by atoms with Crippen molar-refractivity contribution in [2.75, 3.05) is 30.9 Å². The van der Waals surface area contributed by atoms with E-state index in [0.717, 1.165) is 17.2 Å². The second kappa shape index (κ2) is 16.4. The van der Waals surface area contributed by atoms with Gasteiger partial charge in [0.2, 0.25) is 5.95 Å². The summed E-state index contributed by atoms with van der Waals surface area (Å²) in [7, 11) is -17.1. The Bertz CT molecular complexity index is 2380. The molecule has 31 nitrogen and oxygen atoms in total. The number of imidazole rings is 2. The summed E-state index contributed by atoms with van der Waals surface area (Å²) in [5, 5.41) is 65.4. The van der Waals surface area contributed by atoms with Gasteiger partial charge in [0, 0.05) is 0 Å². The number of phosphoric acid groups is 3. The number of rotatable bonds is 15. The van der Waals surface area contributed by atoms with Crippen LogP contribution in [-0.2, 0) is 45.8 Å². The van der Waals surface area contributed by atoms with Crippen molar-refractivity contribution in [1.82, 2.24) is 39.0 Å². The fourth-order valence-corrected chi connectivity index (χ4v) is 8.58. The fourth-order valence-electron chi connectivity index (χ4n) is 6.23. The van der Waals surface area contributed by atoms with Crippen LogP contribution < -0.4 is 36.2 Å². The van der Waals surface area contributed by atoms with Gasteiger partial charge in [-0.15, -0.1) is 0 Å². The normalized spacial score (nSPS) is 33.5. The van der Waals surface area contributed by atoms with Gasteiger partial charge in [-0.1, -0.05) is 0 Å². The third kappa shape index (κ3) is 9.10. The molecule has 3 aliphatic rings. The summed E-state index contributed by atoms with van der Waals surface area (Å²) in [5.74, 6) is -0.470. The molecule has 326 valence electrons. The Labute approximate surface area is 326 Å². The molecule has 3 aliphatic heterocycles. The minimum atomic E-state index is -5.85. The predicted molar refractivity (Wildman–Crippen MR) is 176 cm³/mol. The molecule has 0 amide bonds. The van der Waals surface area contributed by atoms with E-state index in [9.17, 15) is 68.7 Å². The van der Waals surface area contributed by atoms with E-state index in [1.807, 2.05) is 0 Å². The first-order valence-electron chi connectivity index (χ1n) is 16.6. The van der Waals surface area contributed by atoms with E-state index in [2.05, 4.69) is 53.1 Å². The number of phosphoric ester groups is 3. The minimum Gasteiger partial charge on any atom is -0.790 e. The lowest BCUT2D eigenvalue weighted by Crippen LogP contribution is -2.37. The molecule has 0 spiro atoms.